The summed E-state index contributed by atoms with van der Waals surface area (Å²) >= 11 is 2.12. The first-order valence-corrected chi connectivity index (χ1v) is 9.29. The van der Waals surface area contributed by atoms with E-state index in [9.17, 15) is 4.39 Å². The normalized spacial score (nSPS) is 23.2. The molecule has 0 unspecified atom stereocenters. The van der Waals surface area contributed by atoms with Crippen LogP contribution in [0.3, 0.4) is 0 Å². The van der Waals surface area contributed by atoms with Gasteiger partial charge in [0.05, 0.1) is 0 Å². The molecule has 0 spiro atoms. The molecule has 1 aliphatic carbocycles. The number of hydrogen-bond acceptors (Lipinski definition) is 1. The minimum atomic E-state index is -0.129. The molecule has 0 saturated heterocycles. The Bertz CT molecular complexity index is 410. The molecule has 0 radical (unpaired) electrons. The molecule has 2 rings (SSSR count). The summed E-state index contributed by atoms with van der Waals surface area (Å²) in [6.45, 7) is 6.93. The Kier molecular flexibility index (Phi) is 6.16. The van der Waals surface area contributed by atoms with Crippen molar-refractivity contribution in [1.29, 1.82) is 0 Å². The summed E-state index contributed by atoms with van der Waals surface area (Å²) in [6.07, 6.45) is 7.94. The number of benzene rings is 1. The molecule has 1 saturated carbocycles. The molecule has 0 atom stereocenters. The maximum absolute atomic E-state index is 12.9. The van der Waals surface area contributed by atoms with Crippen LogP contribution in [-0.4, -0.2) is 10.5 Å². The van der Waals surface area contributed by atoms with Crippen LogP contribution in [0.15, 0.2) is 24.3 Å². The van der Waals surface area contributed by atoms with Crippen molar-refractivity contribution in [2.45, 2.75) is 64.0 Å². The fourth-order valence-electron chi connectivity index (χ4n) is 3.08. The van der Waals surface area contributed by atoms with E-state index >= 15 is 0 Å². The average molecular weight is 309 g/mol. The van der Waals surface area contributed by atoms with Gasteiger partial charge in [-0.05, 0) is 61.0 Å². The number of hydrogen-bond donors (Lipinski definition) is 0. The highest BCUT2D eigenvalue weighted by molar-refractivity contribution is 8.00. The van der Waals surface area contributed by atoms with E-state index in [1.165, 1.54) is 43.4 Å². The van der Waals surface area contributed by atoms with E-state index < -0.39 is 0 Å². The van der Waals surface area contributed by atoms with Crippen molar-refractivity contribution >= 4 is 11.8 Å². The van der Waals surface area contributed by atoms with Gasteiger partial charge in [-0.2, -0.15) is 11.8 Å². The van der Waals surface area contributed by atoms with Gasteiger partial charge in [0.15, 0.2) is 0 Å². The van der Waals surface area contributed by atoms with Gasteiger partial charge in [0.25, 0.3) is 0 Å². The highest BCUT2D eigenvalue weighted by Gasteiger charge is 2.22. The predicted molar refractivity (Wildman–Crippen MR) is 92.4 cm³/mol. The molecular weight excluding hydrogens is 279 g/mol. The maximum atomic E-state index is 12.9. The van der Waals surface area contributed by atoms with E-state index in [2.05, 4.69) is 32.5 Å². The van der Waals surface area contributed by atoms with Gasteiger partial charge in [0.1, 0.15) is 5.82 Å². The lowest BCUT2D eigenvalue weighted by Gasteiger charge is -2.30. The van der Waals surface area contributed by atoms with Crippen LogP contribution in [-0.2, 0) is 6.42 Å². The number of halogens is 1. The first kappa shape index (κ1) is 16.9. The minimum Gasteiger partial charge on any atom is -0.207 e. The SMILES string of the molecule is CC(C)(C)SCC1CCC(CCc2ccc(F)cc2)CC1. The van der Waals surface area contributed by atoms with Crippen molar-refractivity contribution in [2.24, 2.45) is 11.8 Å². The zero-order valence-electron chi connectivity index (χ0n) is 13.7. The summed E-state index contributed by atoms with van der Waals surface area (Å²) in [4.78, 5) is 0. The Balaban J connectivity index is 1.66. The standard InChI is InChI=1S/C19H29FS/c1-19(2,3)21-14-17-8-6-15(7-9-17)4-5-16-10-12-18(20)13-11-16/h10-13,15,17H,4-9,14H2,1-3H3. The molecule has 1 aromatic rings. The van der Waals surface area contributed by atoms with Crippen LogP contribution in [0.25, 0.3) is 0 Å². The smallest absolute Gasteiger partial charge is 0.123 e. The van der Waals surface area contributed by atoms with E-state index in [0.717, 1.165) is 18.3 Å². The Morgan fingerprint density at radius 3 is 2.14 bits per heavy atom. The first-order valence-electron chi connectivity index (χ1n) is 8.31. The van der Waals surface area contributed by atoms with Gasteiger partial charge in [-0.15, -0.1) is 0 Å². The number of rotatable bonds is 5. The van der Waals surface area contributed by atoms with Crippen LogP contribution >= 0.6 is 11.8 Å². The van der Waals surface area contributed by atoms with Crippen molar-refractivity contribution in [3.05, 3.63) is 35.6 Å². The van der Waals surface area contributed by atoms with E-state index in [1.807, 2.05) is 12.1 Å². The van der Waals surface area contributed by atoms with Crippen LogP contribution in [0.4, 0.5) is 4.39 Å². The Morgan fingerprint density at radius 2 is 1.57 bits per heavy atom. The second kappa shape index (κ2) is 7.67. The molecule has 0 N–H and O–H groups in total. The van der Waals surface area contributed by atoms with Gasteiger partial charge in [-0.3, -0.25) is 0 Å². The lowest BCUT2D eigenvalue weighted by atomic mass is 9.80. The number of aryl methyl sites for hydroxylation is 1. The van der Waals surface area contributed by atoms with Crippen molar-refractivity contribution in [3.8, 4) is 0 Å². The summed E-state index contributed by atoms with van der Waals surface area (Å²) < 4.78 is 13.3. The van der Waals surface area contributed by atoms with Crippen LogP contribution in [0.1, 0.15) is 58.4 Å². The maximum Gasteiger partial charge on any atom is 0.123 e. The Morgan fingerprint density at radius 1 is 1.00 bits per heavy atom. The molecule has 0 aliphatic heterocycles. The summed E-state index contributed by atoms with van der Waals surface area (Å²) in [5.74, 6) is 3.01. The van der Waals surface area contributed by atoms with Crippen LogP contribution < -0.4 is 0 Å². The van der Waals surface area contributed by atoms with Gasteiger partial charge in [-0.25, -0.2) is 4.39 Å². The van der Waals surface area contributed by atoms with E-state index in [4.69, 9.17) is 0 Å². The highest BCUT2D eigenvalue weighted by atomic mass is 32.2. The summed E-state index contributed by atoms with van der Waals surface area (Å²) in [5, 5.41) is 0. The van der Waals surface area contributed by atoms with Gasteiger partial charge in [-0.1, -0.05) is 45.7 Å². The fourth-order valence-corrected chi connectivity index (χ4v) is 4.15. The molecule has 0 nitrogen and oxygen atoms in total. The minimum absolute atomic E-state index is 0.129. The van der Waals surface area contributed by atoms with Gasteiger partial charge >= 0.3 is 0 Å². The van der Waals surface area contributed by atoms with E-state index in [1.54, 1.807) is 12.1 Å². The predicted octanol–water partition coefficient (Wildman–Crippen LogP) is 6.10. The third kappa shape index (κ3) is 6.42. The van der Waals surface area contributed by atoms with Crippen molar-refractivity contribution < 1.29 is 4.39 Å². The molecule has 1 aromatic carbocycles. The van der Waals surface area contributed by atoms with Gasteiger partial charge in [0, 0.05) is 4.75 Å². The molecule has 1 fully saturated rings. The molecule has 118 valence electrons. The van der Waals surface area contributed by atoms with E-state index in [-0.39, 0.29) is 5.82 Å². The van der Waals surface area contributed by atoms with E-state index in [0.29, 0.717) is 4.75 Å². The van der Waals surface area contributed by atoms with Crippen LogP contribution in [0, 0.1) is 17.7 Å². The Hall–Kier alpha value is -0.500. The highest BCUT2D eigenvalue weighted by Crippen LogP contribution is 2.36. The van der Waals surface area contributed by atoms with Crippen molar-refractivity contribution in [1.82, 2.24) is 0 Å². The summed E-state index contributed by atoms with van der Waals surface area (Å²) in [7, 11) is 0. The summed E-state index contributed by atoms with van der Waals surface area (Å²) in [5.41, 5.74) is 1.28. The van der Waals surface area contributed by atoms with Gasteiger partial charge < -0.3 is 0 Å². The molecule has 0 amide bonds. The topological polar surface area (TPSA) is 0 Å². The molecule has 0 aromatic heterocycles. The zero-order valence-corrected chi connectivity index (χ0v) is 14.5. The van der Waals surface area contributed by atoms with Crippen LogP contribution in [0.2, 0.25) is 0 Å². The molecule has 2 heteroatoms. The lowest BCUT2D eigenvalue weighted by Crippen LogP contribution is -2.19. The monoisotopic (exact) mass is 308 g/mol. The third-order valence-electron chi connectivity index (χ3n) is 4.47. The molecule has 21 heavy (non-hydrogen) atoms. The zero-order chi connectivity index (χ0) is 15.3. The average Bonchev–Trinajstić information content (AvgIpc) is 2.45. The van der Waals surface area contributed by atoms with Crippen molar-refractivity contribution in [3.63, 3.8) is 0 Å². The quantitative estimate of drug-likeness (QED) is 0.633. The Labute approximate surface area is 133 Å². The molecular formula is C19H29FS. The van der Waals surface area contributed by atoms with Gasteiger partial charge in [0.2, 0.25) is 0 Å². The first-order chi connectivity index (χ1) is 9.92. The van der Waals surface area contributed by atoms with Crippen molar-refractivity contribution in [2.75, 3.05) is 5.75 Å². The fraction of sp³-hybridized carbons (Fsp3) is 0.684. The third-order valence-corrected chi connectivity index (χ3v) is 5.98. The second-order valence-corrected chi connectivity index (χ2v) is 9.32. The van der Waals surface area contributed by atoms with Crippen LogP contribution in [0.5, 0.6) is 0 Å². The molecule has 0 heterocycles. The summed E-state index contributed by atoms with van der Waals surface area (Å²) in [6, 6.07) is 7.02. The largest absolute Gasteiger partial charge is 0.207 e. The second-order valence-electron chi connectivity index (χ2n) is 7.48. The molecule has 0 bridgehead atoms. The molecule has 1 aliphatic rings. The lowest BCUT2D eigenvalue weighted by molar-refractivity contribution is 0.280. The number of thioether (sulfide) groups is 1.